The first-order valence-corrected chi connectivity index (χ1v) is 5.87. The molecular formula is C10H14N2O2S. The van der Waals surface area contributed by atoms with Crippen LogP contribution >= 0.6 is 11.3 Å². The van der Waals surface area contributed by atoms with E-state index in [-0.39, 0.29) is 18.4 Å². The van der Waals surface area contributed by atoms with Gasteiger partial charge in [-0.05, 0) is 25.9 Å². The van der Waals surface area contributed by atoms with Gasteiger partial charge in [-0.1, -0.05) is 0 Å². The summed E-state index contributed by atoms with van der Waals surface area (Å²) in [6.45, 7) is 0.973. The first kappa shape index (κ1) is 10.6. The van der Waals surface area contributed by atoms with Gasteiger partial charge in [-0.15, -0.1) is 11.3 Å². The lowest BCUT2D eigenvalue weighted by atomic mass is 9.96. The monoisotopic (exact) mass is 226 g/mol. The zero-order valence-corrected chi connectivity index (χ0v) is 9.41. The van der Waals surface area contributed by atoms with E-state index in [2.05, 4.69) is 9.88 Å². The van der Waals surface area contributed by atoms with E-state index < -0.39 is 5.97 Å². The molecule has 0 bridgehead atoms. The third-order valence-corrected chi connectivity index (χ3v) is 3.80. The van der Waals surface area contributed by atoms with E-state index in [1.807, 2.05) is 13.2 Å². The highest BCUT2D eigenvalue weighted by Crippen LogP contribution is 2.39. The summed E-state index contributed by atoms with van der Waals surface area (Å²) in [6, 6.07) is 0.244. The Bertz CT molecular complexity index is 339. The first-order chi connectivity index (χ1) is 7.18. The molecule has 2 rings (SSSR count). The van der Waals surface area contributed by atoms with Gasteiger partial charge in [0, 0.05) is 17.1 Å². The van der Waals surface area contributed by atoms with Gasteiger partial charge in [0.15, 0.2) is 0 Å². The van der Waals surface area contributed by atoms with E-state index in [9.17, 15) is 4.79 Å². The smallest absolute Gasteiger partial charge is 0.303 e. The molecule has 15 heavy (non-hydrogen) atoms. The number of hydrogen-bond donors (Lipinski definition) is 1. The lowest BCUT2D eigenvalue weighted by molar-refractivity contribution is -0.138. The Hall–Kier alpha value is -0.940. The van der Waals surface area contributed by atoms with E-state index in [0.29, 0.717) is 0 Å². The summed E-state index contributed by atoms with van der Waals surface area (Å²) >= 11 is 1.61. The maximum Gasteiger partial charge on any atom is 0.303 e. The van der Waals surface area contributed by atoms with Crippen molar-refractivity contribution in [3.63, 3.8) is 0 Å². The van der Waals surface area contributed by atoms with Crippen LogP contribution in [0.4, 0.5) is 0 Å². The molecule has 1 saturated heterocycles. The number of nitrogens with zero attached hydrogens (tertiary/aromatic N) is 2. The topological polar surface area (TPSA) is 53.4 Å². The highest BCUT2D eigenvalue weighted by atomic mass is 32.1. The quantitative estimate of drug-likeness (QED) is 0.850. The molecule has 0 aromatic carbocycles. The Kier molecular flexibility index (Phi) is 3.02. The Morgan fingerprint density at radius 1 is 1.80 bits per heavy atom. The van der Waals surface area contributed by atoms with Gasteiger partial charge in [0.05, 0.1) is 11.9 Å². The molecule has 2 atom stereocenters. The van der Waals surface area contributed by atoms with Gasteiger partial charge in [0.1, 0.15) is 0 Å². The molecule has 1 N–H and O–H groups in total. The molecule has 2 heterocycles. The van der Waals surface area contributed by atoms with Crippen LogP contribution in [0.5, 0.6) is 0 Å². The van der Waals surface area contributed by atoms with Crippen molar-refractivity contribution in [3.05, 3.63) is 16.6 Å². The van der Waals surface area contributed by atoms with Crippen molar-refractivity contribution >= 4 is 17.3 Å². The van der Waals surface area contributed by atoms with Crippen LogP contribution in [0.3, 0.4) is 0 Å². The number of likely N-dealkylation sites (tertiary alicyclic amines) is 1. The summed E-state index contributed by atoms with van der Waals surface area (Å²) < 4.78 is 0. The van der Waals surface area contributed by atoms with Gasteiger partial charge in [0.2, 0.25) is 0 Å². The van der Waals surface area contributed by atoms with Gasteiger partial charge < -0.3 is 5.11 Å². The van der Waals surface area contributed by atoms with Crippen LogP contribution in [-0.2, 0) is 4.79 Å². The summed E-state index contributed by atoms with van der Waals surface area (Å²) in [6.07, 6.45) is 3.07. The SMILES string of the molecule is CN1CC[C@H](CC(=O)O)[C@H]1c1cncs1. The fourth-order valence-corrected chi connectivity index (χ4v) is 3.16. The second kappa shape index (κ2) is 4.28. The average Bonchev–Trinajstić information content (AvgIpc) is 2.74. The summed E-state index contributed by atoms with van der Waals surface area (Å²) in [5, 5.41) is 8.84. The standard InChI is InChI=1S/C10H14N2O2S/c1-12-3-2-7(4-9(13)14)10(12)8-5-11-6-15-8/h5-7,10H,2-4H2,1H3,(H,13,14)/t7-,10+/m1/s1. The molecular weight excluding hydrogens is 212 g/mol. The Labute approximate surface area is 92.6 Å². The van der Waals surface area contributed by atoms with Crippen LogP contribution in [0, 0.1) is 5.92 Å². The number of carboxylic acid groups (broad SMARTS) is 1. The first-order valence-electron chi connectivity index (χ1n) is 4.99. The molecule has 82 valence electrons. The highest BCUT2D eigenvalue weighted by Gasteiger charge is 2.35. The minimum Gasteiger partial charge on any atom is -0.481 e. The van der Waals surface area contributed by atoms with Crippen molar-refractivity contribution in [2.45, 2.75) is 18.9 Å². The highest BCUT2D eigenvalue weighted by molar-refractivity contribution is 7.09. The van der Waals surface area contributed by atoms with E-state index in [4.69, 9.17) is 5.11 Å². The van der Waals surface area contributed by atoms with Crippen molar-refractivity contribution in [1.82, 2.24) is 9.88 Å². The van der Waals surface area contributed by atoms with Crippen molar-refractivity contribution in [2.24, 2.45) is 5.92 Å². The lowest BCUT2D eigenvalue weighted by Crippen LogP contribution is -2.21. The Morgan fingerprint density at radius 2 is 2.60 bits per heavy atom. The third-order valence-electron chi connectivity index (χ3n) is 2.95. The summed E-state index contributed by atoms with van der Waals surface area (Å²) in [5.41, 5.74) is 1.80. The molecule has 0 spiro atoms. The lowest BCUT2D eigenvalue weighted by Gasteiger charge is -2.22. The number of aromatic nitrogens is 1. The molecule has 0 radical (unpaired) electrons. The molecule has 1 fully saturated rings. The number of rotatable bonds is 3. The van der Waals surface area contributed by atoms with Gasteiger partial charge in [0.25, 0.3) is 0 Å². The van der Waals surface area contributed by atoms with Crippen LogP contribution in [-0.4, -0.2) is 34.6 Å². The molecule has 1 aromatic heterocycles. The number of hydrogen-bond acceptors (Lipinski definition) is 4. The molecule has 0 aliphatic carbocycles. The fraction of sp³-hybridized carbons (Fsp3) is 0.600. The maximum atomic E-state index is 10.7. The minimum absolute atomic E-state index is 0.230. The molecule has 0 saturated carbocycles. The van der Waals surface area contributed by atoms with Crippen LogP contribution < -0.4 is 0 Å². The molecule has 1 aliphatic heterocycles. The van der Waals surface area contributed by atoms with Crippen LogP contribution in [0.25, 0.3) is 0 Å². The number of carbonyl (C=O) groups is 1. The van der Waals surface area contributed by atoms with Gasteiger partial charge in [-0.3, -0.25) is 14.7 Å². The summed E-state index contributed by atoms with van der Waals surface area (Å²) in [7, 11) is 2.05. The average molecular weight is 226 g/mol. The van der Waals surface area contributed by atoms with Crippen molar-refractivity contribution in [1.29, 1.82) is 0 Å². The molecule has 0 amide bonds. The predicted octanol–water partition coefficient (Wildman–Crippen LogP) is 1.61. The summed E-state index contributed by atoms with van der Waals surface area (Å²) in [4.78, 5) is 18.2. The number of carboxylic acids is 1. The van der Waals surface area contributed by atoms with Crippen LogP contribution in [0.2, 0.25) is 0 Å². The van der Waals surface area contributed by atoms with E-state index in [0.717, 1.165) is 13.0 Å². The van der Waals surface area contributed by atoms with E-state index >= 15 is 0 Å². The second-order valence-corrected chi connectivity index (χ2v) is 4.89. The molecule has 0 unspecified atom stereocenters. The van der Waals surface area contributed by atoms with Gasteiger partial charge >= 0.3 is 5.97 Å². The Balaban J connectivity index is 2.15. The van der Waals surface area contributed by atoms with E-state index in [1.165, 1.54) is 4.88 Å². The van der Waals surface area contributed by atoms with Crippen LogP contribution in [0.15, 0.2) is 11.7 Å². The largest absolute Gasteiger partial charge is 0.481 e. The van der Waals surface area contributed by atoms with Crippen molar-refractivity contribution in [2.75, 3.05) is 13.6 Å². The predicted molar refractivity (Wildman–Crippen MR) is 57.8 cm³/mol. The molecule has 4 nitrogen and oxygen atoms in total. The van der Waals surface area contributed by atoms with Crippen molar-refractivity contribution < 1.29 is 9.90 Å². The zero-order valence-electron chi connectivity index (χ0n) is 8.59. The van der Waals surface area contributed by atoms with Crippen molar-refractivity contribution in [3.8, 4) is 0 Å². The number of thiazole rings is 1. The second-order valence-electron chi connectivity index (χ2n) is 3.98. The Morgan fingerprint density at radius 3 is 3.20 bits per heavy atom. The molecule has 1 aromatic rings. The fourth-order valence-electron chi connectivity index (χ4n) is 2.29. The van der Waals surface area contributed by atoms with E-state index in [1.54, 1.807) is 16.8 Å². The third kappa shape index (κ3) is 2.18. The summed E-state index contributed by atoms with van der Waals surface area (Å²) in [5.74, 6) is -0.474. The van der Waals surface area contributed by atoms with Crippen LogP contribution in [0.1, 0.15) is 23.8 Å². The normalized spacial score (nSPS) is 27.0. The maximum absolute atomic E-state index is 10.7. The van der Waals surface area contributed by atoms with Gasteiger partial charge in [-0.2, -0.15) is 0 Å². The van der Waals surface area contributed by atoms with Gasteiger partial charge in [-0.25, -0.2) is 0 Å². The zero-order chi connectivity index (χ0) is 10.8. The molecule has 1 aliphatic rings. The minimum atomic E-state index is -0.704. The number of aliphatic carboxylic acids is 1. The molecule has 5 heteroatoms.